The van der Waals surface area contributed by atoms with E-state index in [0.717, 1.165) is 43.5 Å². The molecule has 0 saturated heterocycles. The van der Waals surface area contributed by atoms with Crippen LogP contribution in [0.2, 0.25) is 0 Å². The van der Waals surface area contributed by atoms with Crippen LogP contribution in [-0.4, -0.2) is 18.9 Å². The van der Waals surface area contributed by atoms with Crippen LogP contribution in [0.3, 0.4) is 0 Å². The van der Waals surface area contributed by atoms with Crippen molar-refractivity contribution in [2.75, 3.05) is 18.0 Å². The molecule has 0 bridgehead atoms. The van der Waals surface area contributed by atoms with Gasteiger partial charge in [0.15, 0.2) is 5.78 Å². The third-order valence-electron chi connectivity index (χ3n) is 6.28. The second-order valence-corrected chi connectivity index (χ2v) is 7.88. The van der Waals surface area contributed by atoms with Gasteiger partial charge in [0.1, 0.15) is 0 Å². The molecule has 1 aliphatic heterocycles. The molecule has 0 radical (unpaired) electrons. The van der Waals surface area contributed by atoms with E-state index >= 15 is 0 Å². The van der Waals surface area contributed by atoms with Crippen LogP contribution in [0.5, 0.6) is 0 Å². The molecular weight excluding hydrogens is 318 g/mol. The topological polar surface area (TPSA) is 20.3 Å². The average Bonchev–Trinajstić information content (AvgIpc) is 3.23. The molecular formula is C24H25NO. The number of hydrogen-bond acceptors (Lipinski definition) is 2. The fourth-order valence-electron chi connectivity index (χ4n) is 4.92. The number of aryl methyl sites for hydroxylation is 3. The standard InChI is InChI=1S/C24H25NO/c1-2-25-10-4-7-19-11-16(8-9-23(19)25)12-21-14-20-13-17-5-3-6-18(17)15-22(20)24(21)26/h8-9,11-13,15H,2-7,10,14H2,1H3/b21-12+. The van der Waals surface area contributed by atoms with Crippen molar-refractivity contribution in [3.05, 3.63) is 69.3 Å². The number of ketones is 1. The third kappa shape index (κ3) is 2.51. The van der Waals surface area contributed by atoms with Crippen molar-refractivity contribution in [2.45, 2.75) is 45.4 Å². The summed E-state index contributed by atoms with van der Waals surface area (Å²) in [4.78, 5) is 15.4. The largest absolute Gasteiger partial charge is 0.372 e. The number of nitrogens with zero attached hydrogens (tertiary/aromatic N) is 1. The van der Waals surface area contributed by atoms with Crippen LogP contribution in [0.25, 0.3) is 6.08 Å². The first-order valence-corrected chi connectivity index (χ1v) is 10.0. The Hall–Kier alpha value is -2.35. The summed E-state index contributed by atoms with van der Waals surface area (Å²) in [6.07, 6.45) is 8.82. The molecule has 3 aliphatic rings. The molecule has 0 spiro atoms. The van der Waals surface area contributed by atoms with Gasteiger partial charge in [0.05, 0.1) is 0 Å². The highest BCUT2D eigenvalue weighted by Crippen LogP contribution is 2.34. The first kappa shape index (κ1) is 15.9. The summed E-state index contributed by atoms with van der Waals surface area (Å²) in [6.45, 7) is 4.44. The van der Waals surface area contributed by atoms with Gasteiger partial charge in [-0.25, -0.2) is 0 Å². The van der Waals surface area contributed by atoms with Crippen molar-refractivity contribution in [3.8, 4) is 0 Å². The molecule has 0 aromatic heterocycles. The quantitative estimate of drug-likeness (QED) is 0.732. The Morgan fingerprint density at radius 2 is 1.77 bits per heavy atom. The van der Waals surface area contributed by atoms with Gasteiger partial charge in [0.2, 0.25) is 0 Å². The van der Waals surface area contributed by atoms with Gasteiger partial charge >= 0.3 is 0 Å². The number of hydrogen-bond donors (Lipinski definition) is 0. The number of allylic oxidation sites excluding steroid dienone is 1. The van der Waals surface area contributed by atoms with Crippen LogP contribution in [0.15, 0.2) is 35.9 Å². The lowest BCUT2D eigenvalue weighted by atomic mass is 9.98. The van der Waals surface area contributed by atoms with Gasteiger partial charge in [-0.15, -0.1) is 0 Å². The summed E-state index contributed by atoms with van der Waals surface area (Å²) in [7, 11) is 0. The summed E-state index contributed by atoms with van der Waals surface area (Å²) in [5, 5.41) is 0. The summed E-state index contributed by atoms with van der Waals surface area (Å²) in [5.41, 5.74) is 9.96. The molecule has 0 atom stereocenters. The number of benzene rings is 2. The summed E-state index contributed by atoms with van der Waals surface area (Å²) < 4.78 is 0. The van der Waals surface area contributed by atoms with Crippen LogP contribution < -0.4 is 4.90 Å². The van der Waals surface area contributed by atoms with Gasteiger partial charge in [0.25, 0.3) is 0 Å². The Bertz CT molecular complexity index is 937. The Balaban J connectivity index is 1.47. The number of carbonyl (C=O) groups excluding carboxylic acids is 1. The van der Waals surface area contributed by atoms with E-state index in [0.29, 0.717) is 0 Å². The number of rotatable bonds is 2. The zero-order chi connectivity index (χ0) is 17.7. The molecule has 2 heteroatoms. The van der Waals surface area contributed by atoms with Crippen LogP contribution in [-0.2, 0) is 25.7 Å². The minimum absolute atomic E-state index is 0.239. The third-order valence-corrected chi connectivity index (χ3v) is 6.28. The van der Waals surface area contributed by atoms with Gasteiger partial charge in [0, 0.05) is 36.3 Å². The first-order chi connectivity index (χ1) is 12.7. The normalized spacial score (nSPS) is 19.7. The summed E-state index contributed by atoms with van der Waals surface area (Å²) in [6, 6.07) is 11.2. The van der Waals surface area contributed by atoms with Crippen molar-refractivity contribution in [3.63, 3.8) is 0 Å². The Morgan fingerprint density at radius 3 is 2.62 bits per heavy atom. The van der Waals surface area contributed by atoms with Gasteiger partial charge in [-0.05, 0) is 91.1 Å². The molecule has 2 aromatic rings. The Morgan fingerprint density at radius 1 is 0.962 bits per heavy atom. The number of anilines is 1. The lowest BCUT2D eigenvalue weighted by molar-refractivity contribution is 0.104. The van der Waals surface area contributed by atoms with Gasteiger partial charge in [-0.1, -0.05) is 12.1 Å². The summed E-state index contributed by atoms with van der Waals surface area (Å²) in [5.74, 6) is 0.239. The molecule has 0 N–H and O–H groups in total. The molecule has 5 rings (SSSR count). The van der Waals surface area contributed by atoms with Gasteiger partial charge in [-0.2, -0.15) is 0 Å². The van der Waals surface area contributed by atoms with Crippen LogP contribution >= 0.6 is 0 Å². The highest BCUT2D eigenvalue weighted by Gasteiger charge is 2.27. The lowest BCUT2D eigenvalue weighted by Crippen LogP contribution is -2.28. The van der Waals surface area contributed by atoms with Crippen molar-refractivity contribution in [1.29, 1.82) is 0 Å². The zero-order valence-corrected chi connectivity index (χ0v) is 15.5. The number of Topliss-reactive ketones (excluding diaryl/α,β-unsaturated/α-hetero) is 1. The van der Waals surface area contributed by atoms with E-state index in [9.17, 15) is 4.79 Å². The monoisotopic (exact) mass is 343 g/mol. The van der Waals surface area contributed by atoms with Gasteiger partial charge < -0.3 is 4.90 Å². The van der Waals surface area contributed by atoms with E-state index < -0.39 is 0 Å². The van der Waals surface area contributed by atoms with Crippen molar-refractivity contribution < 1.29 is 4.79 Å². The Labute approximate surface area is 155 Å². The van der Waals surface area contributed by atoms with E-state index in [1.54, 1.807) is 0 Å². The molecule has 2 nitrogen and oxygen atoms in total. The molecule has 1 heterocycles. The molecule has 0 saturated carbocycles. The zero-order valence-electron chi connectivity index (χ0n) is 15.5. The van der Waals surface area contributed by atoms with E-state index in [1.165, 1.54) is 52.8 Å². The van der Waals surface area contributed by atoms with E-state index in [1.807, 2.05) is 0 Å². The molecule has 2 aliphatic carbocycles. The predicted octanol–water partition coefficient (Wildman–Crippen LogP) is 4.77. The Kier molecular flexibility index (Phi) is 3.74. The maximum absolute atomic E-state index is 12.9. The maximum Gasteiger partial charge on any atom is 0.189 e. The van der Waals surface area contributed by atoms with Crippen molar-refractivity contribution in [2.24, 2.45) is 0 Å². The second-order valence-electron chi connectivity index (χ2n) is 7.88. The SMILES string of the molecule is CCN1CCCc2cc(/C=C3\Cc4cc5c(cc4C3=O)CCC5)ccc21. The molecule has 132 valence electrons. The fourth-order valence-corrected chi connectivity index (χ4v) is 4.92. The van der Waals surface area contributed by atoms with Crippen LogP contribution in [0.1, 0.15) is 57.9 Å². The predicted molar refractivity (Wildman–Crippen MR) is 107 cm³/mol. The minimum atomic E-state index is 0.239. The molecule has 26 heavy (non-hydrogen) atoms. The maximum atomic E-state index is 12.9. The second kappa shape index (κ2) is 6.12. The number of fused-ring (bicyclic) bond motifs is 3. The van der Waals surface area contributed by atoms with E-state index in [4.69, 9.17) is 0 Å². The lowest BCUT2D eigenvalue weighted by Gasteiger charge is -2.30. The summed E-state index contributed by atoms with van der Waals surface area (Å²) >= 11 is 0. The fraction of sp³-hybridized carbons (Fsp3) is 0.375. The minimum Gasteiger partial charge on any atom is -0.372 e. The smallest absolute Gasteiger partial charge is 0.189 e. The molecule has 2 aromatic carbocycles. The molecule has 0 fully saturated rings. The highest BCUT2D eigenvalue weighted by atomic mass is 16.1. The first-order valence-electron chi connectivity index (χ1n) is 10.0. The van der Waals surface area contributed by atoms with Crippen molar-refractivity contribution in [1.82, 2.24) is 0 Å². The van der Waals surface area contributed by atoms with Crippen LogP contribution in [0, 0.1) is 0 Å². The number of carbonyl (C=O) groups is 1. The molecule has 0 amide bonds. The van der Waals surface area contributed by atoms with Crippen LogP contribution in [0.4, 0.5) is 5.69 Å². The van der Waals surface area contributed by atoms with Crippen molar-refractivity contribution >= 4 is 17.5 Å². The van der Waals surface area contributed by atoms with E-state index in [2.05, 4.69) is 48.2 Å². The molecule has 0 unspecified atom stereocenters. The van der Waals surface area contributed by atoms with Gasteiger partial charge in [-0.3, -0.25) is 4.79 Å². The average molecular weight is 343 g/mol. The van der Waals surface area contributed by atoms with E-state index in [-0.39, 0.29) is 5.78 Å². The highest BCUT2D eigenvalue weighted by molar-refractivity contribution is 6.15.